The minimum atomic E-state index is 0.0409. The highest BCUT2D eigenvalue weighted by atomic mass is 16.5. The lowest BCUT2D eigenvalue weighted by Gasteiger charge is -2.32. The van der Waals surface area contributed by atoms with Crippen molar-refractivity contribution in [2.24, 2.45) is 5.41 Å². The van der Waals surface area contributed by atoms with E-state index in [0.717, 1.165) is 31.2 Å². The third-order valence-electron chi connectivity index (χ3n) is 5.03. The molecule has 0 spiro atoms. The van der Waals surface area contributed by atoms with Crippen molar-refractivity contribution >= 4 is 0 Å². The predicted molar refractivity (Wildman–Crippen MR) is 74.1 cm³/mol. The number of nitrogens with zero attached hydrogens (tertiary/aromatic N) is 2. The molecule has 1 aromatic heterocycles. The molecular formula is C15H25N3O. The predicted octanol–water partition coefficient (Wildman–Crippen LogP) is 3.00. The Morgan fingerprint density at radius 3 is 2.53 bits per heavy atom. The van der Waals surface area contributed by atoms with E-state index in [1.54, 1.807) is 0 Å². The smallest absolute Gasteiger partial charge is 0.233 e. The number of aromatic nitrogens is 2. The average Bonchev–Trinajstić information content (AvgIpc) is 2.98. The summed E-state index contributed by atoms with van der Waals surface area (Å²) in [6.45, 7) is 8.93. The van der Waals surface area contributed by atoms with Gasteiger partial charge in [-0.1, -0.05) is 19.0 Å². The molecule has 1 saturated carbocycles. The molecular weight excluding hydrogens is 238 g/mol. The van der Waals surface area contributed by atoms with Gasteiger partial charge in [0.05, 0.1) is 5.41 Å². The first-order valence-corrected chi connectivity index (χ1v) is 7.53. The minimum absolute atomic E-state index is 0.0409. The van der Waals surface area contributed by atoms with Gasteiger partial charge in [-0.05, 0) is 51.0 Å². The van der Waals surface area contributed by atoms with Gasteiger partial charge in [0, 0.05) is 12.5 Å². The maximum Gasteiger partial charge on any atom is 0.233 e. The molecule has 1 aromatic rings. The van der Waals surface area contributed by atoms with Gasteiger partial charge < -0.3 is 9.84 Å². The molecule has 0 radical (unpaired) electrons. The van der Waals surface area contributed by atoms with Crippen LogP contribution in [0.15, 0.2) is 4.52 Å². The van der Waals surface area contributed by atoms with E-state index in [0.29, 0.717) is 11.3 Å². The Morgan fingerprint density at radius 2 is 1.89 bits per heavy atom. The molecule has 2 fully saturated rings. The van der Waals surface area contributed by atoms with Crippen LogP contribution in [0, 0.1) is 5.41 Å². The van der Waals surface area contributed by atoms with Crippen LogP contribution in [-0.2, 0) is 5.41 Å². The Bertz CT molecular complexity index is 436. The van der Waals surface area contributed by atoms with E-state index in [-0.39, 0.29) is 5.41 Å². The highest BCUT2D eigenvalue weighted by molar-refractivity contribution is 5.09. The summed E-state index contributed by atoms with van der Waals surface area (Å²) in [6.07, 6.45) is 6.01. The fourth-order valence-corrected chi connectivity index (χ4v) is 3.30. The molecule has 4 nitrogen and oxygen atoms in total. The Morgan fingerprint density at radius 1 is 1.16 bits per heavy atom. The SMILES string of the molecule is CC1(C)CCC(c2noc(C3(C)CCNC3)n2)CC1. The standard InChI is InChI=1S/C15H25N3O/c1-14(2)6-4-11(5-7-14)12-17-13(19-18-12)15(3)8-9-16-10-15/h11,16H,4-10H2,1-3H3. The van der Waals surface area contributed by atoms with Crippen LogP contribution in [0.4, 0.5) is 0 Å². The van der Waals surface area contributed by atoms with Gasteiger partial charge >= 0.3 is 0 Å². The summed E-state index contributed by atoms with van der Waals surface area (Å²) in [5, 5.41) is 7.65. The summed E-state index contributed by atoms with van der Waals surface area (Å²) >= 11 is 0. The average molecular weight is 263 g/mol. The Hall–Kier alpha value is -0.900. The molecule has 3 rings (SSSR count). The van der Waals surface area contributed by atoms with Crippen molar-refractivity contribution in [3.63, 3.8) is 0 Å². The second-order valence-corrected chi connectivity index (χ2v) is 7.38. The van der Waals surface area contributed by atoms with Crippen LogP contribution in [0.5, 0.6) is 0 Å². The van der Waals surface area contributed by atoms with Crippen LogP contribution in [0.2, 0.25) is 0 Å². The first-order valence-electron chi connectivity index (χ1n) is 7.53. The molecule has 1 saturated heterocycles. The third-order valence-corrected chi connectivity index (χ3v) is 5.03. The molecule has 2 aliphatic rings. The Balaban J connectivity index is 1.72. The van der Waals surface area contributed by atoms with E-state index in [9.17, 15) is 0 Å². The summed E-state index contributed by atoms with van der Waals surface area (Å²) in [5.74, 6) is 2.28. The number of nitrogens with one attached hydrogen (secondary N) is 1. The minimum Gasteiger partial charge on any atom is -0.339 e. The number of hydrogen-bond donors (Lipinski definition) is 1. The van der Waals surface area contributed by atoms with Crippen molar-refractivity contribution in [3.05, 3.63) is 11.7 Å². The largest absolute Gasteiger partial charge is 0.339 e. The zero-order valence-corrected chi connectivity index (χ0v) is 12.3. The van der Waals surface area contributed by atoms with Gasteiger partial charge in [-0.2, -0.15) is 4.98 Å². The molecule has 0 bridgehead atoms. The lowest BCUT2D eigenvalue weighted by atomic mass is 9.73. The topological polar surface area (TPSA) is 51.0 Å². The fraction of sp³-hybridized carbons (Fsp3) is 0.867. The quantitative estimate of drug-likeness (QED) is 0.891. The van der Waals surface area contributed by atoms with Crippen molar-refractivity contribution < 1.29 is 4.52 Å². The van der Waals surface area contributed by atoms with Crippen LogP contribution in [0.1, 0.15) is 70.5 Å². The van der Waals surface area contributed by atoms with Crippen LogP contribution >= 0.6 is 0 Å². The van der Waals surface area contributed by atoms with Gasteiger partial charge in [0.15, 0.2) is 5.82 Å². The van der Waals surface area contributed by atoms with Crippen LogP contribution in [-0.4, -0.2) is 23.2 Å². The number of rotatable bonds is 2. The van der Waals surface area contributed by atoms with Gasteiger partial charge in [0.25, 0.3) is 0 Å². The van der Waals surface area contributed by atoms with E-state index in [1.807, 2.05) is 0 Å². The molecule has 0 amide bonds. The molecule has 4 heteroatoms. The van der Waals surface area contributed by atoms with E-state index < -0.39 is 0 Å². The van der Waals surface area contributed by atoms with Gasteiger partial charge in [0.2, 0.25) is 5.89 Å². The van der Waals surface area contributed by atoms with E-state index in [1.165, 1.54) is 25.7 Å². The van der Waals surface area contributed by atoms with Crippen molar-refractivity contribution in [2.45, 2.75) is 64.2 Å². The fourth-order valence-electron chi connectivity index (χ4n) is 3.30. The zero-order valence-electron chi connectivity index (χ0n) is 12.3. The zero-order chi connectivity index (χ0) is 13.5. The van der Waals surface area contributed by atoms with Gasteiger partial charge in [-0.3, -0.25) is 0 Å². The summed E-state index contributed by atoms with van der Waals surface area (Å²) < 4.78 is 5.56. The van der Waals surface area contributed by atoms with Crippen molar-refractivity contribution in [1.82, 2.24) is 15.5 Å². The van der Waals surface area contributed by atoms with Gasteiger partial charge in [-0.15, -0.1) is 0 Å². The molecule has 106 valence electrons. The Labute approximate surface area is 115 Å². The highest BCUT2D eigenvalue weighted by Crippen LogP contribution is 2.42. The normalized spacial score (nSPS) is 31.7. The number of hydrogen-bond acceptors (Lipinski definition) is 4. The van der Waals surface area contributed by atoms with Crippen LogP contribution in [0.3, 0.4) is 0 Å². The molecule has 1 N–H and O–H groups in total. The maximum atomic E-state index is 5.56. The molecule has 1 aliphatic heterocycles. The monoisotopic (exact) mass is 263 g/mol. The van der Waals surface area contributed by atoms with E-state index in [4.69, 9.17) is 9.51 Å². The summed E-state index contributed by atoms with van der Waals surface area (Å²) in [6, 6.07) is 0. The third kappa shape index (κ3) is 2.55. The molecule has 19 heavy (non-hydrogen) atoms. The first-order chi connectivity index (χ1) is 8.99. The maximum absolute atomic E-state index is 5.56. The molecule has 2 heterocycles. The van der Waals surface area contributed by atoms with Crippen LogP contribution < -0.4 is 5.32 Å². The first kappa shape index (κ1) is 13.1. The van der Waals surface area contributed by atoms with Crippen LogP contribution in [0.25, 0.3) is 0 Å². The highest BCUT2D eigenvalue weighted by Gasteiger charge is 2.37. The van der Waals surface area contributed by atoms with E-state index in [2.05, 4.69) is 31.2 Å². The molecule has 1 aliphatic carbocycles. The lowest BCUT2D eigenvalue weighted by molar-refractivity contribution is 0.218. The lowest BCUT2D eigenvalue weighted by Crippen LogP contribution is -2.25. The molecule has 0 aromatic carbocycles. The van der Waals surface area contributed by atoms with Gasteiger partial charge in [-0.25, -0.2) is 0 Å². The van der Waals surface area contributed by atoms with Crippen molar-refractivity contribution in [1.29, 1.82) is 0 Å². The van der Waals surface area contributed by atoms with Gasteiger partial charge in [0.1, 0.15) is 0 Å². The summed E-state index contributed by atoms with van der Waals surface area (Å²) in [4.78, 5) is 4.72. The van der Waals surface area contributed by atoms with Crippen molar-refractivity contribution in [2.75, 3.05) is 13.1 Å². The Kier molecular flexibility index (Phi) is 3.16. The molecule has 1 atom stereocenters. The van der Waals surface area contributed by atoms with Crippen molar-refractivity contribution in [3.8, 4) is 0 Å². The van der Waals surface area contributed by atoms with E-state index >= 15 is 0 Å². The summed E-state index contributed by atoms with van der Waals surface area (Å²) in [7, 11) is 0. The second-order valence-electron chi connectivity index (χ2n) is 7.38. The summed E-state index contributed by atoms with van der Waals surface area (Å²) in [5.41, 5.74) is 0.531. The second kappa shape index (κ2) is 4.58. The molecule has 1 unspecified atom stereocenters.